The third-order valence-corrected chi connectivity index (χ3v) is 2.32. The highest BCUT2D eigenvalue weighted by Gasteiger charge is 2.17. The van der Waals surface area contributed by atoms with Crippen molar-refractivity contribution in [3.8, 4) is 0 Å². The van der Waals surface area contributed by atoms with E-state index in [0.717, 1.165) is 18.9 Å². The van der Waals surface area contributed by atoms with Gasteiger partial charge in [-0.25, -0.2) is 0 Å². The maximum atomic E-state index is 5.35. The normalized spacial score (nSPS) is 15.0. The highest BCUT2D eigenvalue weighted by molar-refractivity contribution is 4.93. The van der Waals surface area contributed by atoms with E-state index in [0.29, 0.717) is 12.5 Å². The van der Waals surface area contributed by atoms with Crippen LogP contribution in [0.25, 0.3) is 0 Å². The molecule has 92 valence electrons. The maximum Gasteiger partial charge on any atom is 0.223 e. The van der Waals surface area contributed by atoms with E-state index in [1.165, 1.54) is 0 Å². The molecule has 0 radical (unpaired) electrons. The highest BCUT2D eigenvalue weighted by Crippen LogP contribution is 2.13. The zero-order valence-electron chi connectivity index (χ0n) is 10.5. The van der Waals surface area contributed by atoms with E-state index >= 15 is 0 Å². The van der Waals surface area contributed by atoms with E-state index in [4.69, 9.17) is 9.26 Å². The van der Waals surface area contributed by atoms with Crippen LogP contribution in [0.5, 0.6) is 0 Å². The molecule has 0 amide bonds. The van der Waals surface area contributed by atoms with Crippen LogP contribution in [-0.4, -0.2) is 29.4 Å². The SMILES string of the molecule is CCOCC(C)NC(CC)c1noc(C)n1. The number of rotatable bonds is 7. The zero-order chi connectivity index (χ0) is 12.0. The van der Waals surface area contributed by atoms with Crippen molar-refractivity contribution in [2.75, 3.05) is 13.2 Å². The molecular weight excluding hydrogens is 206 g/mol. The summed E-state index contributed by atoms with van der Waals surface area (Å²) in [6, 6.07) is 0.414. The summed E-state index contributed by atoms with van der Waals surface area (Å²) >= 11 is 0. The molecule has 1 rings (SSSR count). The molecule has 5 nitrogen and oxygen atoms in total. The van der Waals surface area contributed by atoms with Gasteiger partial charge in [0.2, 0.25) is 5.89 Å². The van der Waals surface area contributed by atoms with E-state index in [-0.39, 0.29) is 12.1 Å². The van der Waals surface area contributed by atoms with Gasteiger partial charge < -0.3 is 14.6 Å². The first-order valence-corrected chi connectivity index (χ1v) is 5.81. The standard InChI is InChI=1S/C11H21N3O2/c1-5-10(11-13-9(4)16-14-11)12-8(3)7-15-6-2/h8,10,12H,5-7H2,1-4H3. The molecule has 0 aliphatic rings. The molecule has 16 heavy (non-hydrogen) atoms. The summed E-state index contributed by atoms with van der Waals surface area (Å²) in [5, 5.41) is 7.35. The first kappa shape index (κ1) is 13.1. The van der Waals surface area contributed by atoms with Crippen molar-refractivity contribution in [1.82, 2.24) is 15.5 Å². The van der Waals surface area contributed by atoms with Crippen molar-refractivity contribution in [3.05, 3.63) is 11.7 Å². The Hall–Kier alpha value is -0.940. The molecule has 0 saturated carbocycles. The van der Waals surface area contributed by atoms with Crippen LogP contribution in [0.2, 0.25) is 0 Å². The number of aromatic nitrogens is 2. The molecule has 1 aromatic heterocycles. The lowest BCUT2D eigenvalue weighted by Gasteiger charge is -2.19. The molecule has 0 fully saturated rings. The Morgan fingerprint density at radius 3 is 2.69 bits per heavy atom. The van der Waals surface area contributed by atoms with Crippen molar-refractivity contribution in [3.63, 3.8) is 0 Å². The van der Waals surface area contributed by atoms with Crippen LogP contribution in [0, 0.1) is 6.92 Å². The molecular formula is C11H21N3O2. The van der Waals surface area contributed by atoms with E-state index in [2.05, 4.69) is 29.3 Å². The predicted octanol–water partition coefficient (Wildman–Crippen LogP) is 1.84. The molecule has 5 heteroatoms. The maximum absolute atomic E-state index is 5.35. The fraction of sp³-hybridized carbons (Fsp3) is 0.818. The van der Waals surface area contributed by atoms with Crippen LogP contribution in [0.3, 0.4) is 0 Å². The van der Waals surface area contributed by atoms with E-state index < -0.39 is 0 Å². The van der Waals surface area contributed by atoms with Crippen LogP contribution in [-0.2, 0) is 4.74 Å². The second-order valence-corrected chi connectivity index (χ2v) is 3.86. The van der Waals surface area contributed by atoms with E-state index in [1.807, 2.05) is 6.92 Å². The molecule has 1 aromatic rings. The first-order chi connectivity index (χ1) is 7.67. The van der Waals surface area contributed by atoms with Crippen molar-refractivity contribution >= 4 is 0 Å². The first-order valence-electron chi connectivity index (χ1n) is 5.81. The number of hydrogen-bond donors (Lipinski definition) is 1. The van der Waals surface area contributed by atoms with Crippen LogP contribution in [0.4, 0.5) is 0 Å². The third kappa shape index (κ3) is 3.90. The summed E-state index contributed by atoms with van der Waals surface area (Å²) in [4.78, 5) is 4.23. The van der Waals surface area contributed by atoms with Crippen molar-refractivity contribution in [1.29, 1.82) is 0 Å². The molecule has 2 atom stereocenters. The minimum Gasteiger partial charge on any atom is -0.380 e. The Labute approximate surface area is 96.6 Å². The van der Waals surface area contributed by atoms with E-state index in [9.17, 15) is 0 Å². The van der Waals surface area contributed by atoms with Gasteiger partial charge in [0.1, 0.15) is 0 Å². The molecule has 1 heterocycles. The number of aryl methyl sites for hydroxylation is 1. The summed E-state index contributed by atoms with van der Waals surface area (Å²) in [6.07, 6.45) is 0.926. The Morgan fingerprint density at radius 2 is 2.19 bits per heavy atom. The average molecular weight is 227 g/mol. The lowest BCUT2D eigenvalue weighted by molar-refractivity contribution is 0.122. The molecule has 0 aliphatic carbocycles. The Balaban J connectivity index is 2.48. The second-order valence-electron chi connectivity index (χ2n) is 3.86. The minimum absolute atomic E-state index is 0.132. The van der Waals surface area contributed by atoms with Crippen molar-refractivity contribution in [2.45, 2.75) is 46.2 Å². The van der Waals surface area contributed by atoms with Gasteiger partial charge in [0.05, 0.1) is 12.6 Å². The number of hydrogen-bond acceptors (Lipinski definition) is 5. The van der Waals surface area contributed by atoms with Gasteiger partial charge in [-0.3, -0.25) is 0 Å². The minimum atomic E-state index is 0.132. The number of ether oxygens (including phenoxy) is 1. The monoisotopic (exact) mass is 227 g/mol. The lowest BCUT2D eigenvalue weighted by atomic mass is 10.2. The molecule has 1 N–H and O–H groups in total. The zero-order valence-corrected chi connectivity index (χ0v) is 10.5. The quantitative estimate of drug-likeness (QED) is 0.770. The van der Waals surface area contributed by atoms with Gasteiger partial charge >= 0.3 is 0 Å². The van der Waals surface area contributed by atoms with E-state index in [1.54, 1.807) is 6.92 Å². The van der Waals surface area contributed by atoms with Crippen LogP contribution < -0.4 is 5.32 Å². The van der Waals surface area contributed by atoms with Gasteiger partial charge in [-0.15, -0.1) is 0 Å². The Bertz CT molecular complexity index is 301. The van der Waals surface area contributed by atoms with Gasteiger partial charge in [0.15, 0.2) is 5.82 Å². The van der Waals surface area contributed by atoms with Gasteiger partial charge in [0, 0.05) is 19.6 Å². The molecule has 0 spiro atoms. The second kappa shape index (κ2) is 6.60. The average Bonchev–Trinajstić information content (AvgIpc) is 2.69. The topological polar surface area (TPSA) is 60.2 Å². The molecule has 0 aliphatic heterocycles. The van der Waals surface area contributed by atoms with Crippen LogP contribution in [0.1, 0.15) is 44.9 Å². The third-order valence-electron chi connectivity index (χ3n) is 2.32. The molecule has 0 bridgehead atoms. The van der Waals surface area contributed by atoms with Crippen molar-refractivity contribution < 1.29 is 9.26 Å². The Kier molecular flexibility index (Phi) is 5.42. The Morgan fingerprint density at radius 1 is 1.44 bits per heavy atom. The smallest absolute Gasteiger partial charge is 0.223 e. The summed E-state index contributed by atoms with van der Waals surface area (Å²) in [6.45, 7) is 9.41. The fourth-order valence-electron chi connectivity index (χ4n) is 1.52. The number of nitrogens with one attached hydrogen (secondary N) is 1. The molecule has 2 unspecified atom stereocenters. The number of nitrogens with zero attached hydrogens (tertiary/aromatic N) is 2. The van der Waals surface area contributed by atoms with Crippen LogP contribution >= 0.6 is 0 Å². The fourth-order valence-corrected chi connectivity index (χ4v) is 1.52. The van der Waals surface area contributed by atoms with Crippen molar-refractivity contribution in [2.24, 2.45) is 0 Å². The lowest BCUT2D eigenvalue weighted by Crippen LogP contribution is -2.34. The summed E-state index contributed by atoms with van der Waals surface area (Å²) < 4.78 is 10.3. The van der Waals surface area contributed by atoms with Gasteiger partial charge in [-0.05, 0) is 20.3 Å². The van der Waals surface area contributed by atoms with Gasteiger partial charge in [-0.2, -0.15) is 4.98 Å². The van der Waals surface area contributed by atoms with Gasteiger partial charge in [-0.1, -0.05) is 12.1 Å². The highest BCUT2D eigenvalue weighted by atomic mass is 16.5. The summed E-state index contributed by atoms with van der Waals surface area (Å²) in [5.74, 6) is 1.33. The predicted molar refractivity (Wildman–Crippen MR) is 61.2 cm³/mol. The summed E-state index contributed by atoms with van der Waals surface area (Å²) in [7, 11) is 0. The van der Waals surface area contributed by atoms with Crippen LogP contribution in [0.15, 0.2) is 4.52 Å². The summed E-state index contributed by atoms with van der Waals surface area (Å²) in [5.41, 5.74) is 0. The van der Waals surface area contributed by atoms with Gasteiger partial charge in [0.25, 0.3) is 0 Å². The largest absolute Gasteiger partial charge is 0.380 e. The molecule has 0 aromatic carbocycles. The molecule has 0 saturated heterocycles.